The van der Waals surface area contributed by atoms with Crippen LogP contribution in [-0.2, 0) is 0 Å². The van der Waals surface area contributed by atoms with Crippen LogP contribution < -0.4 is 10.6 Å². The van der Waals surface area contributed by atoms with Crippen LogP contribution in [0.25, 0.3) is 0 Å². The number of hydrogen-bond acceptors (Lipinski definition) is 1. The van der Waals surface area contributed by atoms with E-state index in [-0.39, 0.29) is 0 Å². The zero-order valence-electron chi connectivity index (χ0n) is 11.5. The van der Waals surface area contributed by atoms with Crippen LogP contribution in [0.15, 0.2) is 29.3 Å². The van der Waals surface area contributed by atoms with E-state index in [1.165, 1.54) is 44.1 Å². The summed E-state index contributed by atoms with van der Waals surface area (Å²) in [7, 11) is 0. The predicted molar refractivity (Wildman–Crippen MR) is 80.0 cm³/mol. The van der Waals surface area contributed by atoms with Crippen LogP contribution in [0.3, 0.4) is 0 Å². The molecule has 0 spiro atoms. The molecule has 0 radical (unpaired) electrons. The molecule has 102 valence electrons. The van der Waals surface area contributed by atoms with Crippen molar-refractivity contribution in [2.24, 2.45) is 4.99 Å². The molecule has 0 unspecified atom stereocenters. The number of rotatable bonds is 2. The minimum atomic E-state index is 0.779. The topological polar surface area (TPSA) is 36.4 Å². The summed E-state index contributed by atoms with van der Waals surface area (Å²) in [5.41, 5.74) is 2.53. The highest BCUT2D eigenvalue weighted by Crippen LogP contribution is 2.33. The molecule has 1 saturated heterocycles. The van der Waals surface area contributed by atoms with Crippen molar-refractivity contribution in [3.8, 4) is 0 Å². The quantitative estimate of drug-likeness (QED) is 0.853. The Bertz CT molecular complexity index is 422. The van der Waals surface area contributed by atoms with E-state index in [1.807, 2.05) is 0 Å². The molecule has 1 heterocycles. The third-order valence-corrected chi connectivity index (χ3v) is 4.15. The summed E-state index contributed by atoms with van der Waals surface area (Å²) >= 11 is 0. The van der Waals surface area contributed by atoms with E-state index in [2.05, 4.69) is 39.9 Å². The average molecular weight is 257 g/mol. The molecular formula is C16H23N3. The average Bonchev–Trinajstić information content (AvgIpc) is 2.50. The second-order valence-corrected chi connectivity index (χ2v) is 5.59. The minimum absolute atomic E-state index is 0.779. The molecule has 3 nitrogen and oxygen atoms in total. The molecule has 1 aromatic carbocycles. The molecular weight excluding hydrogens is 234 g/mol. The summed E-state index contributed by atoms with van der Waals surface area (Å²) in [4.78, 5) is 4.60. The van der Waals surface area contributed by atoms with Crippen LogP contribution in [0.4, 0.5) is 5.69 Å². The van der Waals surface area contributed by atoms with Gasteiger partial charge in [-0.05, 0) is 42.9 Å². The number of nitrogens with zero attached hydrogens (tertiary/aromatic N) is 1. The summed E-state index contributed by atoms with van der Waals surface area (Å²) in [5, 5.41) is 6.57. The Morgan fingerprint density at radius 1 is 0.842 bits per heavy atom. The first-order valence-corrected chi connectivity index (χ1v) is 7.58. The summed E-state index contributed by atoms with van der Waals surface area (Å²) in [6, 6.07) is 8.82. The van der Waals surface area contributed by atoms with Crippen molar-refractivity contribution >= 4 is 11.6 Å². The Morgan fingerprint density at radius 2 is 1.53 bits per heavy atom. The summed E-state index contributed by atoms with van der Waals surface area (Å²) < 4.78 is 0. The van der Waals surface area contributed by atoms with E-state index in [9.17, 15) is 0 Å². The number of benzene rings is 1. The molecule has 1 aliphatic carbocycles. The first-order valence-electron chi connectivity index (χ1n) is 7.58. The van der Waals surface area contributed by atoms with Crippen molar-refractivity contribution in [1.82, 2.24) is 10.6 Å². The van der Waals surface area contributed by atoms with Gasteiger partial charge in [0, 0.05) is 13.1 Å². The lowest BCUT2D eigenvalue weighted by molar-refractivity contribution is 0.443. The van der Waals surface area contributed by atoms with Crippen LogP contribution >= 0.6 is 0 Å². The van der Waals surface area contributed by atoms with Crippen molar-refractivity contribution in [3.63, 3.8) is 0 Å². The normalized spacial score (nSPS) is 20.5. The Kier molecular flexibility index (Phi) is 4.01. The number of hydrogen-bond donors (Lipinski definition) is 2. The smallest absolute Gasteiger partial charge is 0.196 e. The van der Waals surface area contributed by atoms with E-state index in [4.69, 9.17) is 0 Å². The van der Waals surface area contributed by atoms with Gasteiger partial charge in [-0.3, -0.25) is 0 Å². The van der Waals surface area contributed by atoms with Gasteiger partial charge >= 0.3 is 0 Å². The maximum absolute atomic E-state index is 4.60. The zero-order valence-corrected chi connectivity index (χ0v) is 11.5. The van der Waals surface area contributed by atoms with Gasteiger partial charge in [-0.15, -0.1) is 0 Å². The van der Waals surface area contributed by atoms with Crippen molar-refractivity contribution < 1.29 is 0 Å². The highest BCUT2D eigenvalue weighted by molar-refractivity contribution is 5.83. The van der Waals surface area contributed by atoms with Gasteiger partial charge in [-0.1, -0.05) is 31.4 Å². The summed E-state index contributed by atoms with van der Waals surface area (Å²) in [6.45, 7) is 2.04. The Labute approximate surface area is 115 Å². The molecule has 2 N–H and O–H groups in total. The van der Waals surface area contributed by atoms with Gasteiger partial charge in [-0.25, -0.2) is 4.99 Å². The molecule has 0 aromatic heterocycles. The van der Waals surface area contributed by atoms with Crippen LogP contribution in [0.1, 0.15) is 50.0 Å². The maximum Gasteiger partial charge on any atom is 0.196 e. The van der Waals surface area contributed by atoms with Crippen molar-refractivity contribution in [2.75, 3.05) is 13.1 Å². The lowest BCUT2D eigenvalue weighted by atomic mass is 9.84. The Hall–Kier alpha value is -1.51. The second-order valence-electron chi connectivity index (χ2n) is 5.59. The van der Waals surface area contributed by atoms with Crippen molar-refractivity contribution in [1.29, 1.82) is 0 Å². The van der Waals surface area contributed by atoms with E-state index in [0.29, 0.717) is 0 Å². The minimum Gasteiger partial charge on any atom is -0.356 e. The van der Waals surface area contributed by atoms with E-state index >= 15 is 0 Å². The van der Waals surface area contributed by atoms with Crippen LogP contribution in [0, 0.1) is 0 Å². The molecule has 1 saturated carbocycles. The first-order chi connectivity index (χ1) is 9.42. The highest BCUT2D eigenvalue weighted by atomic mass is 15.2. The third kappa shape index (κ3) is 3.28. The molecule has 0 atom stereocenters. The second kappa shape index (κ2) is 6.09. The van der Waals surface area contributed by atoms with Crippen molar-refractivity contribution in [2.45, 2.75) is 44.4 Å². The third-order valence-electron chi connectivity index (χ3n) is 4.15. The molecule has 0 amide bonds. The zero-order chi connectivity index (χ0) is 12.9. The van der Waals surface area contributed by atoms with E-state index in [0.717, 1.165) is 30.7 Å². The standard InChI is InChI=1S/C16H23N3/c1-2-5-13(6-3-1)14-7-9-15(10-8-14)19-16-17-11-4-12-18-16/h7-10,13H,1-6,11-12H2,(H2,17,18,19). The van der Waals surface area contributed by atoms with E-state index in [1.54, 1.807) is 0 Å². The monoisotopic (exact) mass is 257 g/mol. The fourth-order valence-corrected chi connectivity index (χ4v) is 3.03. The van der Waals surface area contributed by atoms with Gasteiger partial charge in [0.1, 0.15) is 0 Å². The fraction of sp³-hybridized carbons (Fsp3) is 0.562. The van der Waals surface area contributed by atoms with Crippen LogP contribution in [0.2, 0.25) is 0 Å². The van der Waals surface area contributed by atoms with Gasteiger partial charge in [0.15, 0.2) is 5.96 Å². The van der Waals surface area contributed by atoms with Crippen LogP contribution in [0.5, 0.6) is 0 Å². The van der Waals surface area contributed by atoms with Gasteiger partial charge in [0.05, 0.1) is 5.69 Å². The molecule has 3 rings (SSSR count). The molecule has 0 bridgehead atoms. The number of nitrogens with one attached hydrogen (secondary N) is 2. The maximum atomic E-state index is 4.60. The van der Waals surface area contributed by atoms with Gasteiger partial charge < -0.3 is 10.6 Å². The molecule has 1 aromatic rings. The van der Waals surface area contributed by atoms with Gasteiger partial charge in [0.25, 0.3) is 0 Å². The molecule has 2 aliphatic rings. The number of aliphatic imine (C=N–C) groups is 1. The highest BCUT2D eigenvalue weighted by Gasteiger charge is 2.15. The summed E-state index contributed by atoms with van der Waals surface area (Å²) in [6.07, 6.45) is 8.08. The predicted octanol–water partition coefficient (Wildman–Crippen LogP) is 3.30. The van der Waals surface area contributed by atoms with Gasteiger partial charge in [0.2, 0.25) is 0 Å². The largest absolute Gasteiger partial charge is 0.356 e. The Balaban J connectivity index is 1.67. The molecule has 1 aliphatic heterocycles. The fourth-order valence-electron chi connectivity index (χ4n) is 3.03. The Morgan fingerprint density at radius 3 is 2.21 bits per heavy atom. The van der Waals surface area contributed by atoms with E-state index < -0.39 is 0 Å². The van der Waals surface area contributed by atoms with Crippen molar-refractivity contribution in [3.05, 3.63) is 29.8 Å². The molecule has 19 heavy (non-hydrogen) atoms. The SMILES string of the molecule is c1cc(C2CCCCC2)ccc1N=C1NCCCN1. The van der Waals surface area contributed by atoms with Gasteiger partial charge in [-0.2, -0.15) is 0 Å². The number of guanidine groups is 1. The molecule has 2 fully saturated rings. The first kappa shape index (κ1) is 12.5. The molecule has 3 heteroatoms. The summed E-state index contributed by atoms with van der Waals surface area (Å²) in [5.74, 6) is 1.69. The lowest BCUT2D eigenvalue weighted by Crippen LogP contribution is -2.43. The van der Waals surface area contributed by atoms with Crippen LogP contribution in [-0.4, -0.2) is 19.0 Å². The lowest BCUT2D eigenvalue weighted by Gasteiger charge is -2.22.